The van der Waals surface area contributed by atoms with Crippen LogP contribution in [0.5, 0.6) is 5.75 Å². The molecule has 0 spiro atoms. The van der Waals surface area contributed by atoms with Crippen molar-refractivity contribution < 1.29 is 10.0 Å². The summed E-state index contributed by atoms with van der Waals surface area (Å²) in [6.07, 6.45) is 2.55. The Morgan fingerprint density at radius 3 is 2.56 bits per heavy atom. The molecule has 11 heteroatoms. The van der Waals surface area contributed by atoms with Gasteiger partial charge in [-0.25, -0.2) is 0 Å². The number of hydrogen-bond donors (Lipinski definition) is 2. The van der Waals surface area contributed by atoms with Crippen LogP contribution in [0.25, 0.3) is 0 Å². The number of pyridine rings is 1. The molecule has 0 fully saturated rings. The van der Waals surface area contributed by atoms with Gasteiger partial charge in [0.05, 0.1) is 6.54 Å². The molecule has 9 nitrogen and oxygen atoms in total. The van der Waals surface area contributed by atoms with E-state index < -0.39 is 16.2 Å². The van der Waals surface area contributed by atoms with E-state index in [1.807, 2.05) is 0 Å². The summed E-state index contributed by atoms with van der Waals surface area (Å²) >= 11 is 11.9. The van der Waals surface area contributed by atoms with Crippen LogP contribution in [0.15, 0.2) is 41.6 Å². The fourth-order valence-electron chi connectivity index (χ4n) is 2.50. The molecule has 2 aromatic heterocycles. The number of rotatable bonds is 5. The second-order valence-electron chi connectivity index (χ2n) is 5.71. The second-order valence-corrected chi connectivity index (χ2v) is 6.58. The maximum absolute atomic E-state index is 11.7. The van der Waals surface area contributed by atoms with Gasteiger partial charge in [0.15, 0.2) is 5.75 Å². The lowest BCUT2D eigenvalue weighted by Gasteiger charge is -2.13. The number of benzene rings is 1. The maximum atomic E-state index is 11.7. The summed E-state index contributed by atoms with van der Waals surface area (Å²) in [5.41, 5.74) is 0.406. The molecule has 0 amide bonds. The average molecular weight is 410 g/mol. The molecule has 3 rings (SSSR count). The molecule has 140 valence electrons. The smallest absolute Gasteiger partial charge is 0.406 e. The predicted octanol–water partition coefficient (Wildman–Crippen LogP) is 3.29. The van der Waals surface area contributed by atoms with Gasteiger partial charge in [-0.2, -0.15) is 0 Å². The normalized spacial score (nSPS) is 10.8. The number of aromatic hydroxyl groups is 1. The zero-order chi connectivity index (χ0) is 19.7. The fraction of sp³-hybridized carbons (Fsp3) is 0.125. The molecule has 0 aliphatic carbocycles. The van der Waals surface area contributed by atoms with Gasteiger partial charge in [0.2, 0.25) is 17.6 Å². The van der Waals surface area contributed by atoms with Crippen LogP contribution in [0.2, 0.25) is 10.0 Å². The van der Waals surface area contributed by atoms with Gasteiger partial charge in [-0.15, -0.1) is 0 Å². The first kappa shape index (κ1) is 18.7. The third kappa shape index (κ3) is 4.04. The monoisotopic (exact) mass is 409 g/mol. The van der Waals surface area contributed by atoms with Crippen molar-refractivity contribution in [1.29, 1.82) is 0 Å². The van der Waals surface area contributed by atoms with Crippen molar-refractivity contribution in [2.24, 2.45) is 7.05 Å². The number of hydrogen-bond acceptors (Lipinski definition) is 6. The zero-order valence-electron chi connectivity index (χ0n) is 13.9. The molecule has 0 aliphatic rings. The number of imidazole rings is 1. The fourth-order valence-corrected chi connectivity index (χ4v) is 3.03. The summed E-state index contributed by atoms with van der Waals surface area (Å²) in [5, 5.41) is 24.4. The Morgan fingerprint density at radius 1 is 1.26 bits per heavy atom. The van der Waals surface area contributed by atoms with E-state index in [2.05, 4.69) is 10.3 Å². The van der Waals surface area contributed by atoms with Crippen LogP contribution in [0, 0.1) is 10.1 Å². The van der Waals surface area contributed by atoms with Crippen molar-refractivity contribution in [2.75, 3.05) is 5.32 Å². The summed E-state index contributed by atoms with van der Waals surface area (Å²) in [7, 11) is 1.64. The van der Waals surface area contributed by atoms with Crippen LogP contribution in [-0.2, 0) is 13.6 Å². The van der Waals surface area contributed by atoms with Gasteiger partial charge in [-0.3, -0.25) is 9.36 Å². The number of aromatic nitrogens is 3. The second kappa shape index (κ2) is 7.29. The molecule has 0 atom stereocenters. The molecule has 2 heterocycles. The zero-order valence-corrected chi connectivity index (χ0v) is 15.4. The van der Waals surface area contributed by atoms with Crippen LogP contribution < -0.4 is 10.7 Å². The quantitative estimate of drug-likeness (QED) is 0.493. The van der Waals surface area contributed by atoms with E-state index in [0.717, 1.165) is 0 Å². The largest absolute Gasteiger partial charge is 0.503 e. The molecule has 0 bridgehead atoms. The summed E-state index contributed by atoms with van der Waals surface area (Å²) in [4.78, 5) is 26.2. The summed E-state index contributed by atoms with van der Waals surface area (Å²) < 4.78 is 3.02. The first-order valence-electron chi connectivity index (χ1n) is 7.55. The molecule has 0 unspecified atom stereocenters. The molecule has 0 aliphatic heterocycles. The standard InChI is InChI=1S/C16H13Cl2N5O4/c1-21-7-14(25)13(24)5-12(21)6-22-8-19-15(23(26)27)16(22)20-11-3-9(17)2-10(18)4-11/h2-5,7-8,20,25H,6H2,1H3. The summed E-state index contributed by atoms with van der Waals surface area (Å²) in [6, 6.07) is 5.91. The van der Waals surface area contributed by atoms with E-state index >= 15 is 0 Å². The van der Waals surface area contributed by atoms with Crippen molar-refractivity contribution >= 4 is 40.5 Å². The van der Waals surface area contributed by atoms with Gasteiger partial charge in [0.1, 0.15) is 0 Å². The van der Waals surface area contributed by atoms with Gasteiger partial charge in [-0.05, 0) is 28.1 Å². The molecule has 27 heavy (non-hydrogen) atoms. The molecule has 0 saturated carbocycles. The Bertz CT molecular complexity index is 1070. The van der Waals surface area contributed by atoms with E-state index in [1.165, 1.54) is 29.2 Å². The Morgan fingerprint density at radius 2 is 1.93 bits per heavy atom. The Labute approximate surface area is 162 Å². The van der Waals surface area contributed by atoms with Crippen LogP contribution >= 0.6 is 23.2 Å². The highest BCUT2D eigenvalue weighted by Gasteiger charge is 2.23. The van der Waals surface area contributed by atoms with Crippen molar-refractivity contribution in [2.45, 2.75) is 6.54 Å². The number of aryl methyl sites for hydroxylation is 1. The number of halogens is 2. The minimum absolute atomic E-state index is 0.0962. The molecule has 0 saturated heterocycles. The van der Waals surface area contributed by atoms with E-state index in [0.29, 0.717) is 21.4 Å². The van der Waals surface area contributed by atoms with Crippen LogP contribution in [0.4, 0.5) is 17.3 Å². The molecular formula is C16H13Cl2N5O4. The minimum Gasteiger partial charge on any atom is -0.503 e. The predicted molar refractivity (Wildman–Crippen MR) is 101 cm³/mol. The topological polar surface area (TPSA) is 115 Å². The number of nitrogens with zero attached hydrogens (tertiary/aromatic N) is 4. The highest BCUT2D eigenvalue weighted by Crippen LogP contribution is 2.30. The minimum atomic E-state index is -0.624. The van der Waals surface area contributed by atoms with E-state index in [9.17, 15) is 20.0 Å². The van der Waals surface area contributed by atoms with Crippen molar-refractivity contribution in [1.82, 2.24) is 14.1 Å². The van der Waals surface area contributed by atoms with E-state index in [1.54, 1.807) is 23.7 Å². The van der Waals surface area contributed by atoms with Gasteiger partial charge in [0, 0.05) is 40.7 Å². The van der Waals surface area contributed by atoms with Crippen molar-refractivity contribution in [3.63, 3.8) is 0 Å². The third-order valence-electron chi connectivity index (χ3n) is 3.77. The average Bonchev–Trinajstić information content (AvgIpc) is 2.94. The Balaban J connectivity index is 2.03. The number of nitrogens with one attached hydrogen (secondary N) is 1. The van der Waals surface area contributed by atoms with Gasteiger partial charge >= 0.3 is 5.82 Å². The molecular weight excluding hydrogens is 397 g/mol. The first-order valence-corrected chi connectivity index (χ1v) is 8.31. The highest BCUT2D eigenvalue weighted by atomic mass is 35.5. The Kier molecular flexibility index (Phi) is 5.06. The molecule has 0 radical (unpaired) electrons. The maximum Gasteiger partial charge on any atom is 0.406 e. The van der Waals surface area contributed by atoms with E-state index in [4.69, 9.17) is 23.2 Å². The first-order chi connectivity index (χ1) is 12.7. The lowest BCUT2D eigenvalue weighted by molar-refractivity contribution is -0.388. The molecule has 1 aromatic carbocycles. The van der Waals surface area contributed by atoms with Crippen LogP contribution in [0.1, 0.15) is 5.69 Å². The van der Waals surface area contributed by atoms with Crippen molar-refractivity contribution in [3.05, 3.63) is 72.9 Å². The van der Waals surface area contributed by atoms with Crippen molar-refractivity contribution in [3.8, 4) is 5.75 Å². The lowest BCUT2D eigenvalue weighted by atomic mass is 10.3. The van der Waals surface area contributed by atoms with Crippen LogP contribution in [-0.4, -0.2) is 24.1 Å². The molecule has 3 aromatic rings. The van der Waals surface area contributed by atoms with Gasteiger partial charge < -0.3 is 25.1 Å². The summed E-state index contributed by atoms with van der Waals surface area (Å²) in [6.45, 7) is 0.101. The SMILES string of the molecule is Cn1cc(O)c(=O)cc1Cn1cnc([N+](=O)[O-])c1Nc1cc(Cl)cc(Cl)c1. The molecule has 2 N–H and O–H groups in total. The summed E-state index contributed by atoms with van der Waals surface area (Å²) in [5.74, 6) is -0.682. The van der Waals surface area contributed by atoms with Crippen LogP contribution in [0.3, 0.4) is 0 Å². The number of anilines is 2. The lowest BCUT2D eigenvalue weighted by Crippen LogP contribution is -2.13. The van der Waals surface area contributed by atoms with Gasteiger partial charge in [0.25, 0.3) is 0 Å². The van der Waals surface area contributed by atoms with E-state index in [-0.39, 0.29) is 18.1 Å². The van der Waals surface area contributed by atoms with Gasteiger partial charge in [-0.1, -0.05) is 23.2 Å². The number of nitro groups is 1. The highest BCUT2D eigenvalue weighted by molar-refractivity contribution is 6.35. The third-order valence-corrected chi connectivity index (χ3v) is 4.20. The Hall–Kier alpha value is -3.04.